The first-order valence-electron chi connectivity index (χ1n) is 5.28. The summed E-state index contributed by atoms with van der Waals surface area (Å²) in [7, 11) is 1.73. The fourth-order valence-corrected chi connectivity index (χ4v) is 2.14. The van der Waals surface area contributed by atoms with Gasteiger partial charge in [-0.15, -0.1) is 11.3 Å². The molecule has 0 aliphatic heterocycles. The molecule has 5 heteroatoms. The van der Waals surface area contributed by atoms with Gasteiger partial charge in [-0.2, -0.15) is 0 Å². The lowest BCUT2D eigenvalue weighted by molar-refractivity contribution is 0.0230. The Labute approximate surface area is 99.3 Å². The van der Waals surface area contributed by atoms with Crippen LogP contribution in [0.5, 0.6) is 0 Å². The molecule has 0 bridgehead atoms. The predicted molar refractivity (Wildman–Crippen MR) is 65.9 cm³/mol. The van der Waals surface area contributed by atoms with Gasteiger partial charge in [-0.05, 0) is 13.8 Å². The van der Waals surface area contributed by atoms with Crippen LogP contribution in [-0.4, -0.2) is 28.6 Å². The number of nitrogens with zero attached hydrogens (tertiary/aromatic N) is 2. The summed E-state index contributed by atoms with van der Waals surface area (Å²) in [4.78, 5) is 5.54. The Hall–Kier alpha value is -0.910. The van der Waals surface area contributed by atoms with E-state index < -0.39 is 0 Å². The quantitative estimate of drug-likeness (QED) is 0.866. The van der Waals surface area contributed by atoms with Crippen molar-refractivity contribution in [3.05, 3.63) is 23.5 Å². The Morgan fingerprint density at radius 2 is 2.38 bits per heavy atom. The number of ether oxygens (including phenoxy) is 1. The van der Waals surface area contributed by atoms with E-state index in [4.69, 9.17) is 4.74 Å². The van der Waals surface area contributed by atoms with E-state index >= 15 is 0 Å². The molecule has 2 aromatic heterocycles. The van der Waals surface area contributed by atoms with Crippen molar-refractivity contribution < 1.29 is 4.74 Å². The molecular formula is C11H17N3OS. The number of imidazole rings is 1. The molecule has 0 aliphatic rings. The standard InChI is InChI=1S/C11H17N3OS/c1-11(2,15-3)8-12-6-9-7-14-4-5-16-10(14)13-9/h4-5,7,12H,6,8H2,1-3H3. The summed E-state index contributed by atoms with van der Waals surface area (Å²) in [5.41, 5.74) is 0.940. The van der Waals surface area contributed by atoms with Gasteiger partial charge in [-0.1, -0.05) is 0 Å². The van der Waals surface area contributed by atoms with E-state index in [9.17, 15) is 0 Å². The van der Waals surface area contributed by atoms with Crippen LogP contribution in [0, 0.1) is 0 Å². The minimum Gasteiger partial charge on any atom is -0.377 e. The second-order valence-corrected chi connectivity index (χ2v) is 5.27. The van der Waals surface area contributed by atoms with Gasteiger partial charge >= 0.3 is 0 Å². The van der Waals surface area contributed by atoms with E-state index in [0.29, 0.717) is 0 Å². The second kappa shape index (κ2) is 4.53. The molecule has 16 heavy (non-hydrogen) atoms. The number of aromatic nitrogens is 2. The predicted octanol–water partition coefficient (Wildman–Crippen LogP) is 1.91. The van der Waals surface area contributed by atoms with Gasteiger partial charge in [0.2, 0.25) is 0 Å². The van der Waals surface area contributed by atoms with Crippen molar-refractivity contribution in [2.45, 2.75) is 26.0 Å². The van der Waals surface area contributed by atoms with Gasteiger partial charge in [0, 0.05) is 38.0 Å². The fourth-order valence-electron chi connectivity index (χ4n) is 1.43. The third kappa shape index (κ3) is 2.61. The molecule has 0 atom stereocenters. The molecule has 1 N–H and O–H groups in total. The molecule has 2 rings (SSSR count). The summed E-state index contributed by atoms with van der Waals surface area (Å²) in [6.07, 6.45) is 4.08. The Bertz CT molecular complexity index is 432. The lowest BCUT2D eigenvalue weighted by Crippen LogP contribution is -2.36. The lowest BCUT2D eigenvalue weighted by atomic mass is 10.1. The SMILES string of the molecule is COC(C)(C)CNCc1cn2ccsc2n1. The molecule has 0 unspecified atom stereocenters. The van der Waals surface area contributed by atoms with E-state index in [0.717, 1.165) is 23.7 Å². The Morgan fingerprint density at radius 1 is 1.56 bits per heavy atom. The van der Waals surface area contributed by atoms with Crippen molar-refractivity contribution in [2.75, 3.05) is 13.7 Å². The lowest BCUT2D eigenvalue weighted by Gasteiger charge is -2.22. The van der Waals surface area contributed by atoms with Crippen LogP contribution < -0.4 is 5.32 Å². The molecular weight excluding hydrogens is 222 g/mol. The smallest absolute Gasteiger partial charge is 0.193 e. The zero-order valence-corrected chi connectivity index (χ0v) is 10.7. The van der Waals surface area contributed by atoms with Crippen molar-refractivity contribution in [2.24, 2.45) is 0 Å². The third-order valence-corrected chi connectivity index (χ3v) is 3.32. The molecule has 2 heterocycles. The summed E-state index contributed by atoms with van der Waals surface area (Å²) in [5.74, 6) is 0. The maximum absolute atomic E-state index is 5.33. The average molecular weight is 239 g/mol. The van der Waals surface area contributed by atoms with E-state index in [1.54, 1.807) is 18.4 Å². The molecule has 0 amide bonds. The average Bonchev–Trinajstić information content (AvgIpc) is 2.77. The summed E-state index contributed by atoms with van der Waals surface area (Å²) in [6.45, 7) is 5.72. The van der Waals surface area contributed by atoms with Crippen LogP contribution in [-0.2, 0) is 11.3 Å². The van der Waals surface area contributed by atoms with E-state index in [1.165, 1.54) is 0 Å². The van der Waals surface area contributed by atoms with Crippen LogP contribution in [0.25, 0.3) is 4.96 Å². The highest BCUT2D eigenvalue weighted by molar-refractivity contribution is 7.15. The van der Waals surface area contributed by atoms with Crippen LogP contribution >= 0.6 is 11.3 Å². The van der Waals surface area contributed by atoms with Crippen molar-refractivity contribution >= 4 is 16.3 Å². The number of hydrogen-bond acceptors (Lipinski definition) is 4. The number of thiazole rings is 1. The summed E-state index contributed by atoms with van der Waals surface area (Å²) in [5, 5.41) is 5.38. The molecule has 0 saturated heterocycles. The van der Waals surface area contributed by atoms with E-state index in [2.05, 4.69) is 30.3 Å². The Kier molecular flexibility index (Phi) is 3.28. The van der Waals surface area contributed by atoms with Crippen LogP contribution in [0.3, 0.4) is 0 Å². The normalized spacial score (nSPS) is 12.4. The van der Waals surface area contributed by atoms with Gasteiger partial charge in [-0.25, -0.2) is 4.98 Å². The van der Waals surface area contributed by atoms with Crippen molar-refractivity contribution in [1.82, 2.24) is 14.7 Å². The van der Waals surface area contributed by atoms with Gasteiger partial charge in [0.05, 0.1) is 11.3 Å². The monoisotopic (exact) mass is 239 g/mol. The maximum Gasteiger partial charge on any atom is 0.193 e. The van der Waals surface area contributed by atoms with Crippen molar-refractivity contribution in [1.29, 1.82) is 0 Å². The number of hydrogen-bond donors (Lipinski definition) is 1. The minimum atomic E-state index is -0.128. The number of methoxy groups -OCH3 is 1. The molecule has 0 saturated carbocycles. The van der Waals surface area contributed by atoms with Crippen LogP contribution in [0.2, 0.25) is 0 Å². The van der Waals surface area contributed by atoms with Crippen LogP contribution in [0.4, 0.5) is 0 Å². The maximum atomic E-state index is 5.33. The zero-order valence-electron chi connectivity index (χ0n) is 9.86. The van der Waals surface area contributed by atoms with Gasteiger partial charge in [0.1, 0.15) is 0 Å². The third-order valence-electron chi connectivity index (χ3n) is 2.55. The molecule has 2 aromatic rings. The molecule has 88 valence electrons. The number of rotatable bonds is 5. The molecule has 0 radical (unpaired) electrons. The number of nitrogens with one attached hydrogen (secondary N) is 1. The first-order chi connectivity index (χ1) is 7.61. The molecule has 0 spiro atoms. The van der Waals surface area contributed by atoms with Crippen molar-refractivity contribution in [3.63, 3.8) is 0 Å². The van der Waals surface area contributed by atoms with Gasteiger partial charge in [0.15, 0.2) is 4.96 Å². The summed E-state index contributed by atoms with van der Waals surface area (Å²) >= 11 is 1.65. The number of fused-ring (bicyclic) bond motifs is 1. The van der Waals surface area contributed by atoms with Crippen LogP contribution in [0.15, 0.2) is 17.8 Å². The van der Waals surface area contributed by atoms with Gasteiger partial charge in [0.25, 0.3) is 0 Å². The Morgan fingerprint density at radius 3 is 3.06 bits per heavy atom. The topological polar surface area (TPSA) is 38.6 Å². The van der Waals surface area contributed by atoms with E-state index in [1.807, 2.05) is 16.0 Å². The molecule has 0 fully saturated rings. The minimum absolute atomic E-state index is 0.128. The zero-order chi connectivity index (χ0) is 11.6. The van der Waals surface area contributed by atoms with Gasteiger partial charge < -0.3 is 10.1 Å². The summed E-state index contributed by atoms with van der Waals surface area (Å²) < 4.78 is 7.38. The second-order valence-electron chi connectivity index (χ2n) is 4.39. The first-order valence-corrected chi connectivity index (χ1v) is 6.16. The first kappa shape index (κ1) is 11.6. The van der Waals surface area contributed by atoms with Crippen LogP contribution in [0.1, 0.15) is 19.5 Å². The largest absolute Gasteiger partial charge is 0.377 e. The Balaban J connectivity index is 1.89. The highest BCUT2D eigenvalue weighted by Crippen LogP contribution is 2.11. The summed E-state index contributed by atoms with van der Waals surface area (Å²) in [6, 6.07) is 0. The molecule has 0 aromatic carbocycles. The van der Waals surface area contributed by atoms with E-state index in [-0.39, 0.29) is 5.60 Å². The molecule has 4 nitrogen and oxygen atoms in total. The highest BCUT2D eigenvalue weighted by atomic mass is 32.1. The highest BCUT2D eigenvalue weighted by Gasteiger charge is 2.15. The van der Waals surface area contributed by atoms with Crippen molar-refractivity contribution in [3.8, 4) is 0 Å². The van der Waals surface area contributed by atoms with Gasteiger partial charge in [-0.3, -0.25) is 4.40 Å². The molecule has 0 aliphatic carbocycles. The fraction of sp³-hybridized carbons (Fsp3) is 0.545.